The van der Waals surface area contributed by atoms with Crippen LogP contribution in [0.2, 0.25) is 0 Å². The van der Waals surface area contributed by atoms with Gasteiger partial charge in [-0.1, -0.05) is 12.5 Å². The van der Waals surface area contributed by atoms with Gasteiger partial charge in [-0.2, -0.15) is 4.31 Å². The van der Waals surface area contributed by atoms with E-state index in [1.807, 2.05) is 0 Å². The van der Waals surface area contributed by atoms with Crippen LogP contribution in [0.4, 0.5) is 14.5 Å². The Bertz CT molecular complexity index is 929. The first-order valence-electron chi connectivity index (χ1n) is 8.79. The third-order valence-electron chi connectivity index (χ3n) is 4.69. The number of nitrogens with one attached hydrogen (secondary N) is 1. The summed E-state index contributed by atoms with van der Waals surface area (Å²) < 4.78 is 54.8. The minimum atomic E-state index is -3.75. The molecule has 1 heterocycles. The number of hydrogen-bond acceptors (Lipinski definition) is 4. The van der Waals surface area contributed by atoms with Crippen molar-refractivity contribution < 1.29 is 22.3 Å². The van der Waals surface area contributed by atoms with Crippen LogP contribution in [0.25, 0.3) is 0 Å². The van der Waals surface area contributed by atoms with Gasteiger partial charge in [-0.3, -0.25) is 0 Å². The Balaban J connectivity index is 1.87. The minimum absolute atomic E-state index is 0.0725. The van der Waals surface area contributed by atoms with Crippen LogP contribution in [0.3, 0.4) is 0 Å². The standard InChI is InChI=1S/C19H22F2N2O3S/c1-13-5-6-14(11-18(13)21)22-19(24)16-12-15(7-8-17(16)20)27(25,26)23-9-3-2-4-10-23/h5-8,11-12,19,22,24H,2-4,9-10H2,1H3. The molecule has 3 rings (SSSR count). The number of benzene rings is 2. The van der Waals surface area contributed by atoms with E-state index in [0.29, 0.717) is 18.7 Å². The number of sulfonamides is 1. The topological polar surface area (TPSA) is 69.6 Å². The second-order valence-corrected chi connectivity index (χ2v) is 8.60. The normalized spacial score (nSPS) is 16.9. The summed E-state index contributed by atoms with van der Waals surface area (Å²) in [6.07, 6.45) is 1.03. The minimum Gasteiger partial charge on any atom is -0.369 e. The third-order valence-corrected chi connectivity index (χ3v) is 6.58. The van der Waals surface area contributed by atoms with Crippen LogP contribution in [0, 0.1) is 18.6 Å². The molecule has 0 aliphatic carbocycles. The first-order valence-corrected chi connectivity index (χ1v) is 10.2. The number of aryl methyl sites for hydroxylation is 1. The highest BCUT2D eigenvalue weighted by Crippen LogP contribution is 2.27. The molecule has 1 unspecified atom stereocenters. The van der Waals surface area contributed by atoms with Crippen LogP contribution < -0.4 is 5.32 Å². The highest BCUT2D eigenvalue weighted by molar-refractivity contribution is 7.89. The van der Waals surface area contributed by atoms with Crippen LogP contribution in [-0.2, 0) is 10.0 Å². The van der Waals surface area contributed by atoms with Crippen molar-refractivity contribution in [2.45, 2.75) is 37.3 Å². The monoisotopic (exact) mass is 396 g/mol. The van der Waals surface area contributed by atoms with Crippen molar-refractivity contribution in [3.05, 3.63) is 59.2 Å². The van der Waals surface area contributed by atoms with E-state index in [4.69, 9.17) is 0 Å². The lowest BCUT2D eigenvalue weighted by molar-refractivity contribution is 0.202. The van der Waals surface area contributed by atoms with E-state index >= 15 is 0 Å². The van der Waals surface area contributed by atoms with Gasteiger partial charge in [0.2, 0.25) is 10.0 Å². The molecule has 0 saturated carbocycles. The number of rotatable bonds is 5. The summed E-state index contributed by atoms with van der Waals surface area (Å²) in [6.45, 7) is 2.46. The van der Waals surface area contributed by atoms with Crippen molar-refractivity contribution in [2.24, 2.45) is 0 Å². The Morgan fingerprint density at radius 1 is 1.04 bits per heavy atom. The van der Waals surface area contributed by atoms with Crippen molar-refractivity contribution >= 4 is 15.7 Å². The van der Waals surface area contributed by atoms with Gasteiger partial charge in [-0.15, -0.1) is 0 Å². The lowest BCUT2D eigenvalue weighted by atomic mass is 10.1. The summed E-state index contributed by atoms with van der Waals surface area (Å²) >= 11 is 0. The van der Waals surface area contributed by atoms with E-state index in [1.54, 1.807) is 13.0 Å². The molecule has 1 aliphatic heterocycles. The summed E-state index contributed by atoms with van der Waals surface area (Å²) in [7, 11) is -3.75. The van der Waals surface area contributed by atoms with Gasteiger partial charge in [-0.05, 0) is 55.7 Å². The highest BCUT2D eigenvalue weighted by Gasteiger charge is 2.27. The molecule has 2 aromatic carbocycles. The smallest absolute Gasteiger partial charge is 0.243 e. The van der Waals surface area contributed by atoms with E-state index < -0.39 is 27.9 Å². The summed E-state index contributed by atoms with van der Waals surface area (Å²) in [5, 5.41) is 12.9. The maximum absolute atomic E-state index is 14.2. The van der Waals surface area contributed by atoms with Crippen LogP contribution in [0.5, 0.6) is 0 Å². The van der Waals surface area contributed by atoms with Crippen molar-refractivity contribution in [1.29, 1.82) is 0 Å². The van der Waals surface area contributed by atoms with Crippen LogP contribution in [-0.4, -0.2) is 30.9 Å². The average Bonchev–Trinajstić information content (AvgIpc) is 2.65. The van der Waals surface area contributed by atoms with Crippen molar-refractivity contribution in [3.63, 3.8) is 0 Å². The van der Waals surface area contributed by atoms with Crippen LogP contribution in [0.15, 0.2) is 41.3 Å². The molecule has 1 saturated heterocycles. The summed E-state index contributed by atoms with van der Waals surface area (Å²) in [4.78, 5) is -0.0725. The van der Waals surface area contributed by atoms with Crippen molar-refractivity contribution in [2.75, 3.05) is 18.4 Å². The fourth-order valence-electron chi connectivity index (χ4n) is 3.06. The highest BCUT2D eigenvalue weighted by atomic mass is 32.2. The molecule has 2 N–H and O–H groups in total. The summed E-state index contributed by atoms with van der Waals surface area (Å²) in [6, 6.07) is 7.60. The van der Waals surface area contributed by atoms with Crippen molar-refractivity contribution in [1.82, 2.24) is 4.31 Å². The third kappa shape index (κ3) is 4.28. The number of anilines is 1. The summed E-state index contributed by atoms with van der Waals surface area (Å²) in [5.41, 5.74) is 0.485. The van der Waals surface area contributed by atoms with Gasteiger partial charge in [0.25, 0.3) is 0 Å². The second-order valence-electron chi connectivity index (χ2n) is 6.66. The SMILES string of the molecule is Cc1ccc(NC(O)c2cc(S(=O)(=O)N3CCCCC3)ccc2F)cc1F. The molecule has 0 spiro atoms. The molecule has 5 nitrogen and oxygen atoms in total. The Hall–Kier alpha value is -2.03. The fraction of sp³-hybridized carbons (Fsp3) is 0.368. The molecule has 146 valence electrons. The lowest BCUT2D eigenvalue weighted by Crippen LogP contribution is -2.35. The molecule has 1 aliphatic rings. The first-order chi connectivity index (χ1) is 12.8. The molecule has 0 radical (unpaired) electrons. The maximum atomic E-state index is 14.2. The number of piperidine rings is 1. The quantitative estimate of drug-likeness (QED) is 0.759. The maximum Gasteiger partial charge on any atom is 0.243 e. The predicted molar refractivity (Wildman–Crippen MR) is 98.7 cm³/mol. The van der Waals surface area contributed by atoms with Gasteiger partial charge in [-0.25, -0.2) is 17.2 Å². The molecule has 0 amide bonds. The second kappa shape index (κ2) is 7.92. The molecule has 8 heteroatoms. The average molecular weight is 396 g/mol. The molecule has 0 aromatic heterocycles. The number of aliphatic hydroxyl groups is 1. The molecule has 1 fully saturated rings. The number of hydrogen-bond donors (Lipinski definition) is 2. The van der Waals surface area contributed by atoms with Crippen molar-refractivity contribution in [3.8, 4) is 0 Å². The van der Waals surface area contributed by atoms with Gasteiger partial charge in [0.15, 0.2) is 6.23 Å². The number of aliphatic hydroxyl groups excluding tert-OH is 1. The predicted octanol–water partition coefficient (Wildman–Crippen LogP) is 3.55. The number of nitrogens with zero attached hydrogens (tertiary/aromatic N) is 1. The molecule has 1 atom stereocenters. The Kier molecular flexibility index (Phi) is 5.78. The fourth-order valence-corrected chi connectivity index (χ4v) is 4.62. The lowest BCUT2D eigenvalue weighted by Gasteiger charge is -2.26. The Morgan fingerprint density at radius 2 is 1.74 bits per heavy atom. The Labute approximate surface area is 157 Å². The van der Waals surface area contributed by atoms with Crippen LogP contribution in [0.1, 0.15) is 36.6 Å². The Morgan fingerprint density at radius 3 is 2.41 bits per heavy atom. The zero-order valence-corrected chi connectivity index (χ0v) is 15.8. The summed E-state index contributed by atoms with van der Waals surface area (Å²) in [5.74, 6) is -1.21. The zero-order chi connectivity index (χ0) is 19.6. The molecule has 2 aromatic rings. The first kappa shape index (κ1) is 19.7. The van der Waals surface area contributed by atoms with E-state index in [9.17, 15) is 22.3 Å². The molecule has 27 heavy (non-hydrogen) atoms. The molecular formula is C19H22F2N2O3S. The number of halogens is 2. The van der Waals surface area contributed by atoms with Crippen LogP contribution >= 0.6 is 0 Å². The van der Waals surface area contributed by atoms with E-state index in [2.05, 4.69) is 5.32 Å². The van der Waals surface area contributed by atoms with Gasteiger partial charge >= 0.3 is 0 Å². The molecule has 0 bridgehead atoms. The van der Waals surface area contributed by atoms with Gasteiger partial charge in [0.1, 0.15) is 11.6 Å². The van der Waals surface area contributed by atoms with Gasteiger partial charge < -0.3 is 10.4 Å². The van der Waals surface area contributed by atoms with E-state index in [-0.39, 0.29) is 16.1 Å². The van der Waals surface area contributed by atoms with E-state index in [0.717, 1.165) is 31.4 Å². The zero-order valence-electron chi connectivity index (χ0n) is 15.0. The van der Waals surface area contributed by atoms with Gasteiger partial charge in [0, 0.05) is 24.3 Å². The molecular weight excluding hydrogens is 374 g/mol. The largest absolute Gasteiger partial charge is 0.369 e. The van der Waals surface area contributed by atoms with E-state index in [1.165, 1.54) is 22.5 Å². The van der Waals surface area contributed by atoms with Gasteiger partial charge in [0.05, 0.1) is 4.90 Å².